The summed E-state index contributed by atoms with van der Waals surface area (Å²) in [6.45, 7) is 3.50. The summed E-state index contributed by atoms with van der Waals surface area (Å²) in [5.74, 6) is -0.0521. The summed E-state index contributed by atoms with van der Waals surface area (Å²) in [6, 6.07) is 19.6. The first-order valence-electron chi connectivity index (χ1n) is 12.0. The van der Waals surface area contributed by atoms with E-state index in [1.807, 2.05) is 30.3 Å². The van der Waals surface area contributed by atoms with Crippen molar-refractivity contribution < 1.29 is 25.2 Å². The van der Waals surface area contributed by atoms with Gasteiger partial charge in [0.15, 0.2) is 0 Å². The molecule has 0 saturated carbocycles. The van der Waals surface area contributed by atoms with E-state index in [-0.39, 0.29) is 41.7 Å². The van der Waals surface area contributed by atoms with Gasteiger partial charge in [-0.05, 0) is 51.6 Å². The van der Waals surface area contributed by atoms with Crippen LogP contribution in [0, 0.1) is 0 Å². The fourth-order valence-corrected chi connectivity index (χ4v) is 4.91. The van der Waals surface area contributed by atoms with Gasteiger partial charge in [-0.2, -0.15) is 0 Å². The van der Waals surface area contributed by atoms with Gasteiger partial charge in [-0.25, -0.2) is 0 Å². The number of para-hydroxylation sites is 3. The van der Waals surface area contributed by atoms with Gasteiger partial charge in [-0.3, -0.25) is 4.79 Å². The molecule has 0 aromatic heterocycles. The summed E-state index contributed by atoms with van der Waals surface area (Å²) in [5, 5.41) is 47.2. The Bertz CT molecular complexity index is 1440. The maximum Gasteiger partial charge on any atom is 0.247 e. The zero-order valence-electron chi connectivity index (χ0n) is 20.2. The van der Waals surface area contributed by atoms with Gasteiger partial charge in [-0.15, -0.1) is 0 Å². The lowest BCUT2D eigenvalue weighted by Crippen LogP contribution is -2.09. The number of nitrogens with one attached hydrogen (secondary N) is 1. The highest BCUT2D eigenvalue weighted by molar-refractivity contribution is 5.99. The molecule has 6 nitrogen and oxygen atoms in total. The first kappa shape index (κ1) is 24.0. The number of anilines is 1. The number of rotatable bonds is 2. The Balaban J connectivity index is 1.72. The summed E-state index contributed by atoms with van der Waals surface area (Å²) in [4.78, 5) is 12.0. The van der Waals surface area contributed by atoms with Crippen molar-refractivity contribution in [3.63, 3.8) is 0 Å². The van der Waals surface area contributed by atoms with Crippen molar-refractivity contribution in [2.24, 2.45) is 0 Å². The minimum atomic E-state index is -0.389. The Kier molecular flexibility index (Phi) is 6.32. The molecule has 1 aliphatic carbocycles. The van der Waals surface area contributed by atoms with Gasteiger partial charge in [0.1, 0.15) is 23.0 Å². The predicted octanol–water partition coefficient (Wildman–Crippen LogP) is 5.31. The Morgan fingerprint density at radius 3 is 1.22 bits per heavy atom. The molecule has 0 spiro atoms. The van der Waals surface area contributed by atoms with Crippen LogP contribution in [0.1, 0.15) is 44.5 Å². The van der Waals surface area contributed by atoms with Gasteiger partial charge in [0.05, 0.1) is 0 Å². The lowest BCUT2D eigenvalue weighted by molar-refractivity contribution is -0.111. The van der Waals surface area contributed by atoms with Crippen LogP contribution in [0.5, 0.6) is 23.0 Å². The molecule has 1 aliphatic rings. The number of fused-ring (bicyclic) bond motifs is 8. The molecule has 0 atom stereocenters. The molecule has 186 valence electrons. The lowest BCUT2D eigenvalue weighted by Gasteiger charge is -2.18. The van der Waals surface area contributed by atoms with Crippen LogP contribution >= 0.6 is 0 Å². The number of benzene rings is 4. The van der Waals surface area contributed by atoms with Gasteiger partial charge >= 0.3 is 0 Å². The number of carbonyl (C=O) groups excluding carboxylic acids is 1. The lowest BCUT2D eigenvalue weighted by atomic mass is 9.91. The molecule has 4 aromatic rings. The quantitative estimate of drug-likeness (QED) is 0.169. The molecule has 0 saturated heterocycles. The normalized spacial score (nSPS) is 12.5. The largest absolute Gasteiger partial charge is 0.507 e. The van der Waals surface area contributed by atoms with Crippen LogP contribution in [0.25, 0.3) is 0 Å². The number of phenols is 4. The van der Waals surface area contributed by atoms with Crippen LogP contribution in [-0.2, 0) is 30.5 Å². The Labute approximate surface area is 214 Å². The third-order valence-corrected chi connectivity index (χ3v) is 6.85. The number of amides is 1. The average molecular weight is 494 g/mol. The van der Waals surface area contributed by atoms with Gasteiger partial charge in [0.2, 0.25) is 5.91 Å². The van der Waals surface area contributed by atoms with Crippen molar-refractivity contribution in [1.82, 2.24) is 0 Å². The number of phenolic OH excluding ortho intramolecular Hbond substituents is 4. The van der Waals surface area contributed by atoms with E-state index in [4.69, 9.17) is 0 Å². The zero-order valence-corrected chi connectivity index (χ0v) is 20.2. The Morgan fingerprint density at radius 2 is 0.892 bits per heavy atom. The predicted molar refractivity (Wildman–Crippen MR) is 142 cm³/mol. The van der Waals surface area contributed by atoms with Crippen LogP contribution in [0.2, 0.25) is 0 Å². The van der Waals surface area contributed by atoms with Crippen molar-refractivity contribution in [2.45, 2.75) is 25.7 Å². The molecule has 1 amide bonds. The monoisotopic (exact) mass is 493 g/mol. The fourth-order valence-electron chi connectivity index (χ4n) is 4.91. The van der Waals surface area contributed by atoms with Crippen LogP contribution in [0.3, 0.4) is 0 Å². The first-order chi connectivity index (χ1) is 17.8. The van der Waals surface area contributed by atoms with Gasteiger partial charge in [0, 0.05) is 42.5 Å². The van der Waals surface area contributed by atoms with Crippen LogP contribution in [-0.4, -0.2) is 26.3 Å². The molecule has 0 unspecified atom stereocenters. The molecule has 0 heterocycles. The molecular formula is C31H27NO5. The number of aromatic hydroxyl groups is 4. The Hall–Kier alpha value is -4.71. The maximum atomic E-state index is 12.0. The van der Waals surface area contributed by atoms with Crippen LogP contribution in [0.4, 0.5) is 5.69 Å². The van der Waals surface area contributed by atoms with Crippen molar-refractivity contribution in [3.05, 3.63) is 124 Å². The van der Waals surface area contributed by atoms with Crippen LogP contribution in [0.15, 0.2) is 79.4 Å². The minimum Gasteiger partial charge on any atom is -0.507 e. The second kappa shape index (κ2) is 9.74. The summed E-state index contributed by atoms with van der Waals surface area (Å²) >= 11 is 0. The summed E-state index contributed by atoms with van der Waals surface area (Å²) in [7, 11) is 0. The number of hydrogen-bond acceptors (Lipinski definition) is 5. The standard InChI is InChI=1S/C31H27NO5/c1-2-27(33)32-26-16-24-14-22-10-4-8-20(29(22)35)12-18-6-3-7-19(28(18)34)13-21-9-5-11-23(30(21)36)15-25(17-26)31(24)37/h2-11,16-17,34-37H,1,12-15H2,(H,32,33). The average Bonchev–Trinajstić information content (AvgIpc) is 2.88. The van der Waals surface area contributed by atoms with E-state index in [1.54, 1.807) is 36.4 Å². The molecule has 37 heavy (non-hydrogen) atoms. The molecule has 6 heteroatoms. The SMILES string of the molecule is C=CC(=O)Nc1cc2c(O)c(c1)Cc1cccc(c1O)Cc1cccc(c1O)Cc1cccc(c1O)C2. The molecule has 8 bridgehead atoms. The summed E-state index contributed by atoms with van der Waals surface area (Å²) in [5.41, 5.74) is 5.28. The van der Waals surface area contributed by atoms with E-state index in [0.717, 1.165) is 0 Å². The highest BCUT2D eigenvalue weighted by Gasteiger charge is 2.19. The minimum absolute atomic E-state index is 0.0289. The molecule has 5 rings (SSSR count). The smallest absolute Gasteiger partial charge is 0.247 e. The van der Waals surface area contributed by atoms with Crippen LogP contribution < -0.4 is 5.32 Å². The van der Waals surface area contributed by atoms with E-state index in [2.05, 4.69) is 11.9 Å². The fraction of sp³-hybridized carbons (Fsp3) is 0.129. The summed E-state index contributed by atoms with van der Waals surface area (Å²) in [6.07, 6.45) is 2.18. The molecular weight excluding hydrogens is 466 g/mol. The maximum absolute atomic E-state index is 12.0. The second-order valence-corrected chi connectivity index (χ2v) is 9.32. The van der Waals surface area contributed by atoms with Crippen molar-refractivity contribution in [3.8, 4) is 23.0 Å². The van der Waals surface area contributed by atoms with E-state index in [1.165, 1.54) is 6.08 Å². The number of carbonyl (C=O) groups is 1. The van der Waals surface area contributed by atoms with Gasteiger partial charge in [-0.1, -0.05) is 61.2 Å². The molecule has 0 aliphatic heterocycles. The van der Waals surface area contributed by atoms with E-state index in [9.17, 15) is 25.2 Å². The highest BCUT2D eigenvalue weighted by atomic mass is 16.3. The molecule has 4 aromatic carbocycles. The second-order valence-electron chi connectivity index (χ2n) is 9.32. The highest BCUT2D eigenvalue weighted by Crippen LogP contribution is 2.38. The Morgan fingerprint density at radius 1 is 0.595 bits per heavy atom. The van der Waals surface area contributed by atoms with E-state index >= 15 is 0 Å². The zero-order chi connectivity index (χ0) is 26.1. The van der Waals surface area contributed by atoms with Gasteiger partial charge < -0.3 is 25.7 Å². The molecule has 0 radical (unpaired) electrons. The number of hydrogen-bond donors (Lipinski definition) is 5. The van der Waals surface area contributed by atoms with E-state index < -0.39 is 0 Å². The molecule has 5 N–H and O–H groups in total. The first-order valence-corrected chi connectivity index (χ1v) is 12.0. The third-order valence-electron chi connectivity index (χ3n) is 6.85. The van der Waals surface area contributed by atoms with E-state index in [0.29, 0.717) is 63.0 Å². The van der Waals surface area contributed by atoms with Gasteiger partial charge in [0.25, 0.3) is 0 Å². The molecule has 0 fully saturated rings. The van der Waals surface area contributed by atoms with Crippen molar-refractivity contribution in [1.29, 1.82) is 0 Å². The topological polar surface area (TPSA) is 110 Å². The van der Waals surface area contributed by atoms with Crippen molar-refractivity contribution in [2.75, 3.05) is 5.32 Å². The third kappa shape index (κ3) is 4.74. The van der Waals surface area contributed by atoms with Crippen molar-refractivity contribution >= 4 is 11.6 Å². The summed E-state index contributed by atoms with van der Waals surface area (Å²) < 4.78 is 0.